The highest BCUT2D eigenvalue weighted by molar-refractivity contribution is 7.92. The number of carboxylic acids is 1. The quantitative estimate of drug-likeness (QED) is 0.711. The summed E-state index contributed by atoms with van der Waals surface area (Å²) in [6.45, 7) is 1.84. The van der Waals surface area contributed by atoms with Crippen LogP contribution >= 0.6 is 0 Å². The monoisotopic (exact) mass is 422 g/mol. The number of aryl methyl sites for hydroxylation is 1. The third-order valence-corrected chi connectivity index (χ3v) is 8.49. The van der Waals surface area contributed by atoms with Crippen LogP contribution in [0.1, 0.15) is 49.7 Å². The first kappa shape index (κ1) is 21.4. The molecule has 1 aliphatic rings. The Bertz CT molecular complexity index is 992. The van der Waals surface area contributed by atoms with Crippen LogP contribution in [0.3, 0.4) is 0 Å². The Labute approximate surface area is 169 Å². The Balaban J connectivity index is 2.05. The maximum atomic E-state index is 14.8. The summed E-state index contributed by atoms with van der Waals surface area (Å²) in [5.41, 5.74) is 0.752. The van der Waals surface area contributed by atoms with Gasteiger partial charge < -0.3 is 5.11 Å². The van der Waals surface area contributed by atoms with Crippen molar-refractivity contribution in [2.24, 2.45) is 5.92 Å². The van der Waals surface area contributed by atoms with E-state index >= 15 is 0 Å². The Morgan fingerprint density at radius 3 is 2.31 bits per heavy atom. The van der Waals surface area contributed by atoms with Gasteiger partial charge >= 0.3 is 5.97 Å². The summed E-state index contributed by atoms with van der Waals surface area (Å²) in [6.07, 6.45) is 1.57. The highest BCUT2D eigenvalue weighted by atomic mass is 32.2. The van der Waals surface area contributed by atoms with Crippen LogP contribution < -0.4 is 0 Å². The Kier molecular flexibility index (Phi) is 6.08. The molecule has 0 aliphatic heterocycles. The highest BCUT2D eigenvalue weighted by Crippen LogP contribution is 2.49. The summed E-state index contributed by atoms with van der Waals surface area (Å²) in [4.78, 5) is 10.9. The largest absolute Gasteiger partial charge is 0.481 e. The van der Waals surface area contributed by atoms with Gasteiger partial charge in [-0.25, -0.2) is 17.2 Å². The number of carboxylic acid groups (broad SMARTS) is 1. The van der Waals surface area contributed by atoms with E-state index in [4.69, 9.17) is 5.11 Å². The van der Waals surface area contributed by atoms with E-state index in [1.807, 2.05) is 6.92 Å². The lowest BCUT2D eigenvalue weighted by atomic mass is 9.76. The van der Waals surface area contributed by atoms with Crippen LogP contribution in [0.2, 0.25) is 0 Å². The molecule has 0 radical (unpaired) electrons. The molecule has 1 saturated carbocycles. The minimum absolute atomic E-state index is 0.0106. The lowest BCUT2D eigenvalue weighted by Gasteiger charge is -2.40. The van der Waals surface area contributed by atoms with E-state index in [-0.39, 0.29) is 35.6 Å². The molecule has 0 heterocycles. The van der Waals surface area contributed by atoms with Crippen LogP contribution in [0.5, 0.6) is 0 Å². The number of hydrogen-bond acceptors (Lipinski definition) is 3. The summed E-state index contributed by atoms with van der Waals surface area (Å²) >= 11 is 0. The Morgan fingerprint density at radius 2 is 1.72 bits per heavy atom. The third kappa shape index (κ3) is 4.20. The topological polar surface area (TPSA) is 71.4 Å². The van der Waals surface area contributed by atoms with Crippen molar-refractivity contribution in [3.05, 3.63) is 65.2 Å². The summed E-state index contributed by atoms with van der Waals surface area (Å²) in [5, 5.41) is 8.90. The summed E-state index contributed by atoms with van der Waals surface area (Å²) < 4.78 is 54.5. The molecule has 7 heteroatoms. The molecular weight excluding hydrogens is 398 g/mol. The zero-order valence-corrected chi connectivity index (χ0v) is 17.0. The van der Waals surface area contributed by atoms with Crippen LogP contribution in [0.4, 0.5) is 8.78 Å². The van der Waals surface area contributed by atoms with Gasteiger partial charge in [-0.1, -0.05) is 17.7 Å². The standard InChI is InChI=1S/C22H24F2O4S/c1-15-2-6-18(7-3-15)29(27,28)22(19-14-17(23)5-8-20(19)24)12-10-16(11-13-22)4-9-21(25)26/h2-3,5-8,14,16H,4,9-13H2,1H3,(H,25,26). The van der Waals surface area contributed by atoms with E-state index < -0.39 is 32.2 Å². The van der Waals surface area contributed by atoms with Gasteiger partial charge in [0.25, 0.3) is 0 Å². The second-order valence-electron chi connectivity index (χ2n) is 7.81. The highest BCUT2D eigenvalue weighted by Gasteiger charge is 2.49. The van der Waals surface area contributed by atoms with Crippen molar-refractivity contribution in [3.63, 3.8) is 0 Å². The van der Waals surface area contributed by atoms with Gasteiger partial charge in [-0.2, -0.15) is 0 Å². The molecule has 29 heavy (non-hydrogen) atoms. The maximum absolute atomic E-state index is 14.8. The van der Waals surface area contributed by atoms with Crippen molar-refractivity contribution in [1.29, 1.82) is 0 Å². The SMILES string of the molecule is Cc1ccc(S(=O)(=O)C2(c3cc(F)ccc3F)CCC(CCC(=O)O)CC2)cc1. The van der Waals surface area contributed by atoms with Crippen molar-refractivity contribution in [2.45, 2.75) is 55.1 Å². The Morgan fingerprint density at radius 1 is 1.10 bits per heavy atom. The predicted octanol–water partition coefficient (Wildman–Crippen LogP) is 5.00. The Hall–Kier alpha value is -2.28. The van der Waals surface area contributed by atoms with E-state index in [2.05, 4.69) is 0 Å². The molecule has 0 bridgehead atoms. The zero-order chi connectivity index (χ0) is 21.2. The lowest BCUT2D eigenvalue weighted by molar-refractivity contribution is -0.137. The van der Waals surface area contributed by atoms with Gasteiger partial charge in [0.2, 0.25) is 0 Å². The fraction of sp³-hybridized carbons (Fsp3) is 0.409. The number of rotatable bonds is 6. The van der Waals surface area contributed by atoms with Crippen LogP contribution in [0.15, 0.2) is 47.4 Å². The maximum Gasteiger partial charge on any atom is 0.303 e. The normalized spacial score (nSPS) is 22.4. The van der Waals surface area contributed by atoms with Gasteiger partial charge in [0.05, 0.1) is 4.90 Å². The first-order valence-corrected chi connectivity index (χ1v) is 11.1. The molecule has 1 fully saturated rings. The van der Waals surface area contributed by atoms with Crippen molar-refractivity contribution >= 4 is 15.8 Å². The zero-order valence-electron chi connectivity index (χ0n) is 16.2. The number of carbonyl (C=O) groups is 1. The molecule has 0 unspecified atom stereocenters. The van der Waals surface area contributed by atoms with Crippen molar-refractivity contribution in [3.8, 4) is 0 Å². The third-order valence-electron chi connectivity index (χ3n) is 5.94. The minimum Gasteiger partial charge on any atom is -0.481 e. The van der Waals surface area contributed by atoms with Crippen LogP contribution in [0.25, 0.3) is 0 Å². The molecule has 0 atom stereocenters. The smallest absolute Gasteiger partial charge is 0.303 e. The van der Waals surface area contributed by atoms with Crippen LogP contribution in [-0.4, -0.2) is 19.5 Å². The molecule has 1 aliphatic carbocycles. The number of aliphatic carboxylic acids is 1. The van der Waals surface area contributed by atoms with E-state index in [0.717, 1.165) is 23.8 Å². The number of sulfone groups is 1. The van der Waals surface area contributed by atoms with Gasteiger partial charge in [0, 0.05) is 12.0 Å². The summed E-state index contributed by atoms with van der Waals surface area (Å²) in [6, 6.07) is 9.29. The molecule has 2 aromatic carbocycles. The minimum atomic E-state index is -4.01. The molecule has 1 N–H and O–H groups in total. The van der Waals surface area contributed by atoms with Crippen molar-refractivity contribution in [1.82, 2.24) is 0 Å². The van der Waals surface area contributed by atoms with E-state index in [1.165, 1.54) is 12.1 Å². The molecule has 3 rings (SSSR count). The number of benzene rings is 2. The fourth-order valence-electron chi connectivity index (χ4n) is 4.23. The van der Waals surface area contributed by atoms with Gasteiger partial charge in [0.15, 0.2) is 9.84 Å². The molecule has 2 aromatic rings. The average molecular weight is 422 g/mol. The van der Waals surface area contributed by atoms with E-state index in [9.17, 15) is 22.0 Å². The molecule has 0 amide bonds. The van der Waals surface area contributed by atoms with Crippen LogP contribution in [0, 0.1) is 24.5 Å². The summed E-state index contributed by atoms with van der Waals surface area (Å²) in [5.74, 6) is -2.28. The fourth-order valence-corrected chi connectivity index (χ4v) is 6.40. The molecule has 4 nitrogen and oxygen atoms in total. The first-order chi connectivity index (χ1) is 13.7. The van der Waals surface area contributed by atoms with Gasteiger partial charge in [-0.3, -0.25) is 4.79 Å². The lowest BCUT2D eigenvalue weighted by Crippen LogP contribution is -2.40. The second-order valence-corrected chi connectivity index (χ2v) is 10.1. The van der Waals surface area contributed by atoms with Crippen LogP contribution in [-0.2, 0) is 19.4 Å². The average Bonchev–Trinajstić information content (AvgIpc) is 2.69. The predicted molar refractivity (Wildman–Crippen MR) is 105 cm³/mol. The van der Waals surface area contributed by atoms with Crippen molar-refractivity contribution < 1.29 is 27.1 Å². The van der Waals surface area contributed by atoms with E-state index in [1.54, 1.807) is 12.1 Å². The molecular formula is C22H24F2O4S. The van der Waals surface area contributed by atoms with Crippen molar-refractivity contribution in [2.75, 3.05) is 0 Å². The molecule has 0 spiro atoms. The molecule has 156 valence electrons. The van der Waals surface area contributed by atoms with Gasteiger partial charge in [-0.15, -0.1) is 0 Å². The van der Waals surface area contributed by atoms with E-state index in [0.29, 0.717) is 19.3 Å². The van der Waals surface area contributed by atoms with Gasteiger partial charge in [-0.05, 0) is 75.3 Å². The van der Waals surface area contributed by atoms with Gasteiger partial charge in [0.1, 0.15) is 16.4 Å². The summed E-state index contributed by atoms with van der Waals surface area (Å²) in [7, 11) is -4.01. The second kappa shape index (κ2) is 8.22. The molecule has 0 aromatic heterocycles. The number of halogens is 2. The number of hydrogen-bond donors (Lipinski definition) is 1. The molecule has 0 saturated heterocycles. The first-order valence-electron chi connectivity index (χ1n) is 9.64.